The maximum Gasteiger partial charge on any atom is 0.312 e. The Morgan fingerprint density at radius 2 is 1.90 bits per heavy atom. The Morgan fingerprint density at radius 3 is 2.59 bits per heavy atom. The summed E-state index contributed by atoms with van der Waals surface area (Å²) in [6, 6.07) is -0.814. The number of hydrogen-bond donors (Lipinski definition) is 1. The van der Waals surface area contributed by atoms with Gasteiger partial charge in [-0.15, -0.1) is 13.2 Å². The number of nitrogens with zero attached hydrogens (tertiary/aromatic N) is 3. The molecule has 0 saturated carbocycles. The number of morpholine rings is 1. The van der Waals surface area contributed by atoms with E-state index in [-0.39, 0.29) is 25.0 Å². The van der Waals surface area contributed by atoms with E-state index < -0.39 is 35.0 Å². The molecule has 2 unspecified atom stereocenters. The molecule has 4 rings (SSSR count). The molecule has 0 aliphatic carbocycles. The predicted octanol–water partition coefficient (Wildman–Crippen LogP) is 2.16. The molecule has 4 saturated heterocycles. The van der Waals surface area contributed by atoms with Gasteiger partial charge in [-0.25, -0.2) is 0 Å². The van der Waals surface area contributed by atoms with Crippen molar-refractivity contribution < 1.29 is 33.7 Å². The normalized spacial score (nSPS) is 30.8. The number of carbonyl (C=O) groups excluding carboxylic acids is 3. The topological polar surface area (TPSA) is 109 Å². The fourth-order valence-electron chi connectivity index (χ4n) is 7.36. The van der Waals surface area contributed by atoms with Crippen LogP contribution in [0.2, 0.25) is 0 Å². The molecule has 230 valence electrons. The molecule has 0 aromatic heterocycles. The summed E-state index contributed by atoms with van der Waals surface area (Å²) >= 11 is 0. The highest BCUT2D eigenvalue weighted by Crippen LogP contribution is 2.64. The van der Waals surface area contributed by atoms with Crippen LogP contribution in [0, 0.1) is 11.8 Å². The molecule has 1 spiro atoms. The fourth-order valence-corrected chi connectivity index (χ4v) is 7.36. The minimum absolute atomic E-state index is 0.0828. The fraction of sp³-hybridized carbons (Fsp3) is 0.774. The average Bonchev–Trinajstić information content (AvgIpc) is 3.59. The predicted molar refractivity (Wildman–Crippen MR) is 154 cm³/mol. The van der Waals surface area contributed by atoms with Gasteiger partial charge in [-0.05, 0) is 51.4 Å². The molecule has 41 heavy (non-hydrogen) atoms. The van der Waals surface area contributed by atoms with Crippen LogP contribution in [0.25, 0.3) is 0 Å². The number of rotatable bonds is 17. The Hall–Kier alpha value is -2.27. The minimum atomic E-state index is -1.07. The van der Waals surface area contributed by atoms with E-state index in [9.17, 15) is 19.5 Å². The standard InChI is InChI=1S/C31H49N3O7/c1-4-7-11-21-40-29(38)25-24-27(36)34(15-9-8-10-20-35)26(31(24)13-12-30(25,6-3)41-31)28(37)33(14-5-2)17-16-32-18-22-39-23-19-32/h4-5,24-26,35H,1-2,6-23H2,3H3/t24-,25+,26?,30-,31?/m0/s1. The van der Waals surface area contributed by atoms with Crippen LogP contribution in [-0.2, 0) is 28.6 Å². The third-order valence-electron chi connectivity index (χ3n) is 9.47. The van der Waals surface area contributed by atoms with Crippen LogP contribution < -0.4 is 0 Å². The number of fused-ring (bicyclic) bond motifs is 1. The third kappa shape index (κ3) is 6.26. The van der Waals surface area contributed by atoms with E-state index in [0.717, 1.165) is 25.9 Å². The van der Waals surface area contributed by atoms with Gasteiger partial charge in [0.05, 0.1) is 31.3 Å². The molecule has 2 bridgehead atoms. The summed E-state index contributed by atoms with van der Waals surface area (Å²) in [5.74, 6) is -2.24. The zero-order chi connectivity index (χ0) is 29.5. The molecule has 0 aromatic rings. The van der Waals surface area contributed by atoms with Crippen LogP contribution in [-0.4, -0.2) is 121 Å². The lowest BCUT2D eigenvalue weighted by atomic mass is 9.65. The van der Waals surface area contributed by atoms with Crippen molar-refractivity contribution in [3.63, 3.8) is 0 Å². The van der Waals surface area contributed by atoms with E-state index in [2.05, 4.69) is 18.1 Å². The van der Waals surface area contributed by atoms with Gasteiger partial charge in [0.25, 0.3) is 0 Å². The van der Waals surface area contributed by atoms with Crippen LogP contribution >= 0.6 is 0 Å². The number of likely N-dealkylation sites (tertiary alicyclic amines) is 1. The van der Waals surface area contributed by atoms with Crippen molar-refractivity contribution in [1.82, 2.24) is 14.7 Å². The van der Waals surface area contributed by atoms with Crippen molar-refractivity contribution in [3.8, 4) is 0 Å². The number of ether oxygens (including phenoxy) is 3. The van der Waals surface area contributed by atoms with Crippen molar-refractivity contribution in [2.24, 2.45) is 11.8 Å². The highest BCUT2D eigenvalue weighted by Gasteiger charge is 2.79. The molecule has 5 atom stereocenters. The smallest absolute Gasteiger partial charge is 0.312 e. The van der Waals surface area contributed by atoms with Gasteiger partial charge in [-0.3, -0.25) is 19.3 Å². The molecule has 0 aromatic carbocycles. The van der Waals surface area contributed by atoms with E-state index >= 15 is 0 Å². The zero-order valence-electron chi connectivity index (χ0n) is 24.8. The Morgan fingerprint density at radius 1 is 1.12 bits per heavy atom. The van der Waals surface area contributed by atoms with Crippen LogP contribution in [0.15, 0.2) is 25.3 Å². The second-order valence-electron chi connectivity index (χ2n) is 11.8. The second-order valence-corrected chi connectivity index (χ2v) is 11.8. The molecular formula is C31H49N3O7. The van der Waals surface area contributed by atoms with Gasteiger partial charge in [0.1, 0.15) is 17.6 Å². The zero-order valence-corrected chi connectivity index (χ0v) is 24.8. The van der Waals surface area contributed by atoms with Gasteiger partial charge in [0.2, 0.25) is 11.8 Å². The molecule has 1 N–H and O–H groups in total. The number of carbonyl (C=O) groups is 3. The Bertz CT molecular complexity index is 954. The molecule has 10 heteroatoms. The lowest BCUT2D eigenvalue weighted by Gasteiger charge is -2.37. The van der Waals surface area contributed by atoms with E-state index in [4.69, 9.17) is 14.2 Å². The van der Waals surface area contributed by atoms with Crippen LogP contribution in [0.3, 0.4) is 0 Å². The van der Waals surface area contributed by atoms with Crippen molar-refractivity contribution in [1.29, 1.82) is 0 Å². The molecule has 4 aliphatic rings. The van der Waals surface area contributed by atoms with Gasteiger partial charge >= 0.3 is 5.97 Å². The van der Waals surface area contributed by atoms with Gasteiger partial charge in [-0.1, -0.05) is 19.1 Å². The van der Waals surface area contributed by atoms with Gasteiger partial charge < -0.3 is 29.1 Å². The van der Waals surface area contributed by atoms with Crippen molar-refractivity contribution in [2.45, 2.75) is 75.5 Å². The summed E-state index contributed by atoms with van der Waals surface area (Å²) in [4.78, 5) is 48.1. The number of unbranched alkanes of at least 4 members (excludes halogenated alkanes) is 3. The number of allylic oxidation sites excluding steroid dienone is 1. The lowest BCUT2D eigenvalue weighted by molar-refractivity contribution is -0.162. The minimum Gasteiger partial charge on any atom is -0.465 e. The first kappa shape index (κ1) is 31.7. The Balaban J connectivity index is 1.62. The molecule has 10 nitrogen and oxygen atoms in total. The van der Waals surface area contributed by atoms with Gasteiger partial charge in [-0.2, -0.15) is 0 Å². The van der Waals surface area contributed by atoms with E-state index in [0.29, 0.717) is 77.9 Å². The second kappa shape index (κ2) is 14.3. The largest absolute Gasteiger partial charge is 0.465 e. The van der Waals surface area contributed by atoms with Crippen molar-refractivity contribution in [2.75, 3.05) is 65.7 Å². The van der Waals surface area contributed by atoms with Gasteiger partial charge in [0, 0.05) is 45.9 Å². The number of aliphatic hydroxyl groups excluding tert-OH is 1. The maximum atomic E-state index is 14.5. The first-order valence-electron chi connectivity index (χ1n) is 15.5. The third-order valence-corrected chi connectivity index (χ3v) is 9.47. The number of amides is 2. The number of aliphatic hydroxyl groups is 1. The first-order chi connectivity index (χ1) is 19.9. The highest BCUT2D eigenvalue weighted by atomic mass is 16.6. The molecule has 4 fully saturated rings. The SMILES string of the molecule is C=CCCCOC(=O)[C@H]1[C@H]2C(=O)N(CCCCCO)C(C(=O)N(CC=C)CCN3CCOCC3)C23CC[C@]1(CC)O3. The van der Waals surface area contributed by atoms with Crippen molar-refractivity contribution in [3.05, 3.63) is 25.3 Å². The maximum absolute atomic E-state index is 14.5. The summed E-state index contributed by atoms with van der Waals surface area (Å²) in [6.45, 7) is 14.9. The number of hydrogen-bond acceptors (Lipinski definition) is 8. The highest BCUT2D eigenvalue weighted by molar-refractivity contribution is 5.98. The van der Waals surface area contributed by atoms with Crippen LogP contribution in [0.1, 0.15) is 58.3 Å². The molecular weight excluding hydrogens is 526 g/mol. The average molecular weight is 576 g/mol. The van der Waals surface area contributed by atoms with Crippen molar-refractivity contribution >= 4 is 17.8 Å². The Labute approximate surface area is 244 Å². The first-order valence-corrected chi connectivity index (χ1v) is 15.5. The molecule has 4 heterocycles. The number of esters is 1. The van der Waals surface area contributed by atoms with Gasteiger partial charge in [0.15, 0.2) is 0 Å². The summed E-state index contributed by atoms with van der Waals surface area (Å²) < 4.78 is 18.0. The van der Waals surface area contributed by atoms with Crippen LogP contribution in [0.4, 0.5) is 0 Å². The van der Waals surface area contributed by atoms with E-state index in [1.165, 1.54) is 0 Å². The molecule has 4 aliphatic heterocycles. The quantitative estimate of drug-likeness (QED) is 0.160. The summed E-state index contributed by atoms with van der Waals surface area (Å²) in [5.41, 5.74) is -1.88. The summed E-state index contributed by atoms with van der Waals surface area (Å²) in [7, 11) is 0. The van der Waals surface area contributed by atoms with E-state index in [1.807, 2.05) is 6.92 Å². The van der Waals surface area contributed by atoms with Crippen LogP contribution in [0.5, 0.6) is 0 Å². The summed E-state index contributed by atoms with van der Waals surface area (Å²) in [6.07, 6.45) is 8.66. The van der Waals surface area contributed by atoms with E-state index in [1.54, 1.807) is 22.0 Å². The monoisotopic (exact) mass is 575 g/mol. The summed E-state index contributed by atoms with van der Waals surface area (Å²) in [5, 5.41) is 9.28. The molecule has 2 amide bonds. The Kier molecular flexibility index (Phi) is 11.0. The lowest BCUT2D eigenvalue weighted by Crippen LogP contribution is -2.57. The molecule has 0 radical (unpaired) electrons.